The molecule has 2 aromatic heterocycles. The Kier molecular flexibility index (Phi) is 5.86. The van der Waals surface area contributed by atoms with Crippen molar-refractivity contribution in [2.75, 3.05) is 0 Å². The zero-order valence-corrected chi connectivity index (χ0v) is 22.0. The quantitative estimate of drug-likeness (QED) is 0.576. The van der Waals surface area contributed by atoms with Crippen LogP contribution in [0.3, 0.4) is 0 Å². The van der Waals surface area contributed by atoms with E-state index < -0.39 is 29.4 Å². The van der Waals surface area contributed by atoms with E-state index in [1.807, 2.05) is 6.92 Å². The van der Waals surface area contributed by atoms with E-state index in [0.717, 1.165) is 19.3 Å². The third-order valence-electron chi connectivity index (χ3n) is 10.2. The summed E-state index contributed by atoms with van der Waals surface area (Å²) in [7, 11) is 0. The molecule has 2 aliphatic carbocycles. The molecule has 3 aliphatic rings. The lowest BCUT2D eigenvalue weighted by molar-refractivity contribution is -0.258. The van der Waals surface area contributed by atoms with Gasteiger partial charge in [-0.3, -0.25) is 9.78 Å². The molecular formula is C29H37NO6. The fourth-order valence-electron chi connectivity index (χ4n) is 7.99. The van der Waals surface area contributed by atoms with Crippen LogP contribution in [0.25, 0.3) is 11.3 Å². The summed E-state index contributed by atoms with van der Waals surface area (Å²) in [6, 6.07) is 5.20. The van der Waals surface area contributed by atoms with Crippen LogP contribution in [0.5, 0.6) is 5.75 Å². The second kappa shape index (κ2) is 8.44. The summed E-state index contributed by atoms with van der Waals surface area (Å²) in [5, 5.41) is 11.9. The average Bonchev–Trinajstić information content (AvgIpc) is 2.82. The van der Waals surface area contributed by atoms with Crippen molar-refractivity contribution in [3.05, 3.63) is 46.6 Å². The second-order valence-electron chi connectivity index (χ2n) is 11.8. The lowest BCUT2D eigenvalue weighted by Gasteiger charge is -2.67. The molecule has 7 heteroatoms. The topological polar surface area (TPSA) is 98.9 Å². The van der Waals surface area contributed by atoms with Gasteiger partial charge in [0.2, 0.25) is 0 Å². The van der Waals surface area contributed by atoms with Gasteiger partial charge in [-0.05, 0) is 61.0 Å². The Morgan fingerprint density at radius 1 is 1.31 bits per heavy atom. The van der Waals surface area contributed by atoms with Crippen LogP contribution in [0, 0.1) is 28.6 Å². The number of pyridine rings is 1. The first-order valence-corrected chi connectivity index (χ1v) is 13.1. The van der Waals surface area contributed by atoms with Crippen LogP contribution >= 0.6 is 0 Å². The molecule has 8 atom stereocenters. The molecule has 0 aromatic carbocycles. The fraction of sp³-hybridized carbons (Fsp3) is 0.621. The second-order valence-corrected chi connectivity index (χ2v) is 11.8. The number of esters is 1. The van der Waals surface area contributed by atoms with Gasteiger partial charge in [0.1, 0.15) is 28.8 Å². The molecule has 2 saturated carbocycles. The molecule has 194 valence electrons. The highest BCUT2D eigenvalue weighted by Gasteiger charge is 2.69. The number of aromatic nitrogens is 1. The molecule has 2 aromatic rings. The first-order chi connectivity index (χ1) is 17.0. The van der Waals surface area contributed by atoms with E-state index in [9.17, 15) is 14.7 Å². The average molecular weight is 496 g/mol. The van der Waals surface area contributed by atoms with Crippen molar-refractivity contribution < 1.29 is 23.8 Å². The molecule has 2 fully saturated rings. The molecule has 3 heterocycles. The summed E-state index contributed by atoms with van der Waals surface area (Å²) in [4.78, 5) is 29.7. The SMILES string of the molecule is CC[C@@]1(C)[C@@H]2C[C@H](OC(C)=O)[C@@]3(C)Oc4cc(-c5cccnc5)oc(=O)c4[C@H](O)[C@@H]3[C@@]2(C)CC[C@@H]1C. The van der Waals surface area contributed by atoms with Crippen molar-refractivity contribution in [2.24, 2.45) is 28.6 Å². The van der Waals surface area contributed by atoms with E-state index in [0.29, 0.717) is 23.7 Å². The Morgan fingerprint density at radius 3 is 2.69 bits per heavy atom. The summed E-state index contributed by atoms with van der Waals surface area (Å²) in [5.41, 5.74) is -1.17. The zero-order chi connectivity index (χ0) is 26.0. The zero-order valence-electron chi connectivity index (χ0n) is 22.0. The minimum absolute atomic E-state index is 0.00155. The van der Waals surface area contributed by atoms with Crippen LogP contribution < -0.4 is 10.4 Å². The number of rotatable bonds is 3. The van der Waals surface area contributed by atoms with E-state index in [-0.39, 0.29) is 34.0 Å². The van der Waals surface area contributed by atoms with Crippen LogP contribution in [0.1, 0.15) is 78.9 Å². The van der Waals surface area contributed by atoms with E-state index in [2.05, 4.69) is 32.7 Å². The van der Waals surface area contributed by atoms with Crippen LogP contribution in [0.15, 0.2) is 39.8 Å². The minimum atomic E-state index is -1.11. The lowest BCUT2D eigenvalue weighted by Crippen LogP contribution is -2.70. The first-order valence-electron chi connectivity index (χ1n) is 13.1. The number of carbonyl (C=O) groups is 1. The van der Waals surface area contributed by atoms with Crippen molar-refractivity contribution in [1.29, 1.82) is 0 Å². The van der Waals surface area contributed by atoms with E-state index in [4.69, 9.17) is 13.9 Å². The maximum Gasteiger partial charge on any atom is 0.345 e. The molecule has 0 amide bonds. The molecular weight excluding hydrogens is 458 g/mol. The van der Waals surface area contributed by atoms with Crippen molar-refractivity contribution in [1.82, 2.24) is 4.98 Å². The summed E-state index contributed by atoms with van der Waals surface area (Å²) in [5.74, 6) is 0.434. The first kappa shape index (κ1) is 25.0. The van der Waals surface area contributed by atoms with Crippen molar-refractivity contribution in [3.8, 4) is 17.1 Å². The van der Waals surface area contributed by atoms with Gasteiger partial charge in [0.15, 0.2) is 0 Å². The third kappa shape index (κ3) is 3.46. The molecule has 0 bridgehead atoms. The Bertz CT molecular complexity index is 1230. The number of ether oxygens (including phenoxy) is 2. The van der Waals surface area contributed by atoms with Gasteiger partial charge in [0.25, 0.3) is 0 Å². The maximum absolute atomic E-state index is 13.3. The molecule has 0 saturated heterocycles. The third-order valence-corrected chi connectivity index (χ3v) is 10.2. The molecule has 0 unspecified atom stereocenters. The summed E-state index contributed by atoms with van der Waals surface area (Å²) in [6.07, 6.45) is 5.13. The van der Waals surface area contributed by atoms with Gasteiger partial charge in [0, 0.05) is 36.9 Å². The fourth-order valence-corrected chi connectivity index (χ4v) is 7.99. The number of hydrogen-bond acceptors (Lipinski definition) is 7. The maximum atomic E-state index is 13.3. The number of fused-ring (bicyclic) bond motifs is 4. The summed E-state index contributed by atoms with van der Waals surface area (Å²) >= 11 is 0. The summed E-state index contributed by atoms with van der Waals surface area (Å²) < 4.78 is 18.3. The normalized spacial score (nSPS) is 39.2. The Labute approximate surface area is 212 Å². The molecule has 1 N–H and O–H groups in total. The minimum Gasteiger partial charge on any atom is -0.482 e. The number of aliphatic hydroxyl groups is 1. The van der Waals surface area contributed by atoms with Gasteiger partial charge >= 0.3 is 11.6 Å². The highest BCUT2D eigenvalue weighted by atomic mass is 16.6. The molecule has 0 spiro atoms. The summed E-state index contributed by atoms with van der Waals surface area (Å²) in [6.45, 7) is 12.4. The van der Waals surface area contributed by atoms with Crippen LogP contribution in [-0.2, 0) is 9.53 Å². The van der Waals surface area contributed by atoms with E-state index in [1.54, 1.807) is 30.6 Å². The van der Waals surface area contributed by atoms with Gasteiger partial charge in [-0.1, -0.05) is 34.1 Å². The van der Waals surface area contributed by atoms with Gasteiger partial charge in [-0.2, -0.15) is 0 Å². The highest BCUT2D eigenvalue weighted by molar-refractivity contribution is 5.66. The Morgan fingerprint density at radius 2 is 2.06 bits per heavy atom. The highest BCUT2D eigenvalue weighted by Crippen LogP contribution is 2.68. The van der Waals surface area contributed by atoms with Crippen LogP contribution in [0.2, 0.25) is 0 Å². The molecule has 0 radical (unpaired) electrons. The van der Waals surface area contributed by atoms with Crippen molar-refractivity contribution in [2.45, 2.75) is 85.0 Å². The van der Waals surface area contributed by atoms with Crippen molar-refractivity contribution >= 4 is 5.97 Å². The van der Waals surface area contributed by atoms with Gasteiger partial charge in [0.05, 0.1) is 6.10 Å². The molecule has 5 rings (SSSR count). The predicted octanol–water partition coefficient (Wildman–Crippen LogP) is 5.31. The number of hydrogen-bond donors (Lipinski definition) is 1. The van der Waals surface area contributed by atoms with Gasteiger partial charge < -0.3 is 19.0 Å². The Balaban J connectivity index is 1.69. The monoisotopic (exact) mass is 495 g/mol. The van der Waals surface area contributed by atoms with Gasteiger partial charge in [-0.15, -0.1) is 0 Å². The molecule has 1 aliphatic heterocycles. The van der Waals surface area contributed by atoms with Crippen LogP contribution in [0.4, 0.5) is 0 Å². The largest absolute Gasteiger partial charge is 0.482 e. The molecule has 36 heavy (non-hydrogen) atoms. The van der Waals surface area contributed by atoms with E-state index >= 15 is 0 Å². The van der Waals surface area contributed by atoms with E-state index in [1.165, 1.54) is 6.92 Å². The Hall–Kier alpha value is -2.67. The number of nitrogens with zero attached hydrogens (tertiary/aromatic N) is 1. The number of aliphatic hydroxyl groups excluding tert-OH is 1. The van der Waals surface area contributed by atoms with Crippen molar-refractivity contribution in [3.63, 3.8) is 0 Å². The van der Waals surface area contributed by atoms with Crippen LogP contribution in [-0.4, -0.2) is 27.8 Å². The number of carbonyl (C=O) groups excluding carboxylic acids is 1. The smallest absolute Gasteiger partial charge is 0.345 e. The predicted molar refractivity (Wildman–Crippen MR) is 134 cm³/mol. The van der Waals surface area contributed by atoms with Gasteiger partial charge in [-0.25, -0.2) is 4.79 Å². The standard InChI is InChI=1S/C29H37NO6/c1-7-27(4)16(2)10-11-28(5)21(27)14-22(34-17(3)31)29(6)25(28)24(32)23-20(36-29)13-19(35-26(23)33)18-9-8-12-30-15-18/h8-9,12-13,15-16,21-22,24-25,32H,7,10-11,14H2,1-6H3/t16-,21-,22-,24-,25+,27+,28-,29+/m0/s1. The molecule has 7 nitrogen and oxygen atoms in total. The lowest BCUT2D eigenvalue weighted by atomic mass is 9.41.